The smallest absolute Gasteiger partial charge is 0.216 e. The number of nitrogens with one attached hydrogen (secondary N) is 2. The van der Waals surface area contributed by atoms with Gasteiger partial charge in [-0.2, -0.15) is 0 Å². The third kappa shape index (κ3) is 4.44. The lowest BCUT2D eigenvalue weighted by Gasteiger charge is -2.14. The van der Waals surface area contributed by atoms with Crippen molar-refractivity contribution in [2.45, 2.75) is 33.7 Å². The second kappa shape index (κ2) is 6.24. The fourth-order valence-electron chi connectivity index (χ4n) is 1.25. The zero-order valence-corrected chi connectivity index (χ0v) is 10.8. The summed E-state index contributed by atoms with van der Waals surface area (Å²) < 4.78 is 5.42. The number of hydrogen-bond donors (Lipinski definition) is 3. The monoisotopic (exact) mass is 239 g/mol. The van der Waals surface area contributed by atoms with Crippen molar-refractivity contribution < 1.29 is 4.42 Å². The Morgan fingerprint density at radius 3 is 2.71 bits per heavy atom. The minimum absolute atomic E-state index is 0.0781. The molecule has 0 aliphatic carbocycles. The van der Waals surface area contributed by atoms with E-state index in [9.17, 15) is 0 Å². The molecule has 0 spiro atoms. The van der Waals surface area contributed by atoms with E-state index >= 15 is 0 Å². The largest absolute Gasteiger partial charge is 0.444 e. The molecule has 17 heavy (non-hydrogen) atoms. The molecule has 0 bridgehead atoms. The molecular weight excluding hydrogens is 218 g/mol. The quantitative estimate of drug-likeness (QED) is 0.317. The Labute approximate surface area is 102 Å². The molecule has 1 atom stereocenters. The molecule has 1 aromatic rings. The minimum atomic E-state index is -0.0781. The number of aliphatic imine (C=N–C) groups is 1. The molecule has 0 aliphatic heterocycles. The van der Waals surface area contributed by atoms with E-state index in [4.69, 9.17) is 10.3 Å². The van der Waals surface area contributed by atoms with E-state index in [0.29, 0.717) is 24.3 Å². The zero-order valence-electron chi connectivity index (χ0n) is 10.8. The van der Waals surface area contributed by atoms with Gasteiger partial charge in [0.25, 0.3) is 0 Å². The van der Waals surface area contributed by atoms with Gasteiger partial charge in [-0.05, 0) is 19.8 Å². The van der Waals surface area contributed by atoms with E-state index in [0.717, 1.165) is 5.76 Å². The van der Waals surface area contributed by atoms with Gasteiger partial charge in [0.05, 0.1) is 6.20 Å². The van der Waals surface area contributed by atoms with Crippen LogP contribution in [0.1, 0.15) is 38.5 Å². The normalized spacial score (nSPS) is 13.9. The van der Waals surface area contributed by atoms with E-state index in [-0.39, 0.29) is 6.04 Å². The summed E-state index contributed by atoms with van der Waals surface area (Å²) in [6, 6.07) is -0.0781. The predicted molar refractivity (Wildman–Crippen MR) is 67.3 cm³/mol. The van der Waals surface area contributed by atoms with Crippen LogP contribution in [0.25, 0.3) is 0 Å². The lowest BCUT2D eigenvalue weighted by atomic mass is 10.2. The van der Waals surface area contributed by atoms with E-state index in [1.807, 2.05) is 13.8 Å². The molecule has 1 heterocycles. The van der Waals surface area contributed by atoms with E-state index in [2.05, 4.69) is 34.6 Å². The van der Waals surface area contributed by atoms with Crippen LogP contribution in [0.2, 0.25) is 0 Å². The average Bonchev–Trinajstić information content (AvgIpc) is 2.70. The Kier molecular flexibility index (Phi) is 4.96. The number of guanidine groups is 1. The first-order valence-corrected chi connectivity index (χ1v) is 5.72. The van der Waals surface area contributed by atoms with Crippen LogP contribution in [0.5, 0.6) is 0 Å². The molecule has 1 unspecified atom stereocenters. The number of nitrogens with two attached hydrogens (primary N) is 1. The maximum absolute atomic E-state index is 5.42. The Morgan fingerprint density at radius 2 is 2.24 bits per heavy atom. The first kappa shape index (κ1) is 13.5. The highest BCUT2D eigenvalue weighted by atomic mass is 16.4. The van der Waals surface area contributed by atoms with Gasteiger partial charge in [-0.25, -0.2) is 10.8 Å². The van der Waals surface area contributed by atoms with Crippen LogP contribution in [-0.4, -0.2) is 17.5 Å². The van der Waals surface area contributed by atoms with Crippen LogP contribution < -0.4 is 16.6 Å². The summed E-state index contributed by atoms with van der Waals surface area (Å²) in [7, 11) is 0. The number of rotatable bonds is 4. The van der Waals surface area contributed by atoms with Gasteiger partial charge >= 0.3 is 0 Å². The molecule has 1 rings (SSSR count). The average molecular weight is 239 g/mol. The first-order chi connectivity index (χ1) is 8.02. The van der Waals surface area contributed by atoms with Gasteiger partial charge < -0.3 is 9.73 Å². The predicted octanol–water partition coefficient (Wildman–Crippen LogP) is 1.11. The van der Waals surface area contributed by atoms with Crippen LogP contribution in [0.4, 0.5) is 0 Å². The highest BCUT2D eigenvalue weighted by Crippen LogP contribution is 2.11. The number of aryl methyl sites for hydroxylation is 1. The molecule has 0 aliphatic rings. The second-order valence-corrected chi connectivity index (χ2v) is 4.40. The molecule has 1 aromatic heterocycles. The summed E-state index contributed by atoms with van der Waals surface area (Å²) >= 11 is 0. The summed E-state index contributed by atoms with van der Waals surface area (Å²) in [5.41, 5.74) is 2.53. The lowest BCUT2D eigenvalue weighted by molar-refractivity contribution is 0.427. The van der Waals surface area contributed by atoms with Gasteiger partial charge in [-0.3, -0.25) is 10.4 Å². The standard InChI is InChI=1S/C11H21N5O/c1-7(2)5-14-11(16-12)15-9(4)10-13-6-8(3)17-10/h6-7,9H,5,12H2,1-4H3,(H2,14,15,16). The van der Waals surface area contributed by atoms with Crippen LogP contribution in [0, 0.1) is 12.8 Å². The van der Waals surface area contributed by atoms with Gasteiger partial charge in [-0.15, -0.1) is 0 Å². The molecule has 6 heteroatoms. The molecular formula is C11H21N5O. The van der Waals surface area contributed by atoms with Crippen molar-refractivity contribution in [3.05, 3.63) is 17.8 Å². The van der Waals surface area contributed by atoms with Gasteiger partial charge in [0.2, 0.25) is 11.9 Å². The molecule has 4 N–H and O–H groups in total. The van der Waals surface area contributed by atoms with E-state index in [1.165, 1.54) is 0 Å². The van der Waals surface area contributed by atoms with Crippen molar-refractivity contribution in [2.75, 3.05) is 6.54 Å². The van der Waals surface area contributed by atoms with Crippen LogP contribution in [0.15, 0.2) is 15.6 Å². The summed E-state index contributed by atoms with van der Waals surface area (Å²) in [4.78, 5) is 8.46. The van der Waals surface area contributed by atoms with Gasteiger partial charge in [0.1, 0.15) is 11.8 Å². The SMILES string of the molecule is Cc1cnc(C(C)NC(=NCC(C)C)NN)o1. The third-order valence-electron chi connectivity index (χ3n) is 2.11. The molecule has 0 saturated carbocycles. The van der Waals surface area contributed by atoms with Crippen LogP contribution in [-0.2, 0) is 0 Å². The summed E-state index contributed by atoms with van der Waals surface area (Å²) in [6.45, 7) is 8.70. The highest BCUT2D eigenvalue weighted by Gasteiger charge is 2.12. The minimum Gasteiger partial charge on any atom is -0.444 e. The van der Waals surface area contributed by atoms with Crippen molar-refractivity contribution >= 4 is 5.96 Å². The van der Waals surface area contributed by atoms with E-state index < -0.39 is 0 Å². The molecule has 0 radical (unpaired) electrons. The van der Waals surface area contributed by atoms with E-state index in [1.54, 1.807) is 6.20 Å². The first-order valence-electron chi connectivity index (χ1n) is 5.72. The Hall–Kier alpha value is -1.56. The number of hydrazine groups is 1. The van der Waals surface area contributed by atoms with Crippen molar-refractivity contribution in [1.82, 2.24) is 15.7 Å². The molecule has 0 amide bonds. The Bertz CT molecular complexity index is 372. The molecule has 0 aromatic carbocycles. The fraction of sp³-hybridized carbons (Fsp3) is 0.636. The topological polar surface area (TPSA) is 88.5 Å². The van der Waals surface area contributed by atoms with Gasteiger partial charge in [0, 0.05) is 6.54 Å². The Balaban J connectivity index is 2.59. The second-order valence-electron chi connectivity index (χ2n) is 4.40. The maximum atomic E-state index is 5.42. The number of aromatic nitrogens is 1. The van der Waals surface area contributed by atoms with Crippen LogP contribution >= 0.6 is 0 Å². The number of nitrogens with zero attached hydrogens (tertiary/aromatic N) is 2. The lowest BCUT2D eigenvalue weighted by Crippen LogP contribution is -2.43. The maximum Gasteiger partial charge on any atom is 0.216 e. The van der Waals surface area contributed by atoms with Gasteiger partial charge in [0.15, 0.2) is 0 Å². The summed E-state index contributed by atoms with van der Waals surface area (Å²) in [5, 5.41) is 3.11. The molecule has 6 nitrogen and oxygen atoms in total. The Morgan fingerprint density at radius 1 is 1.53 bits per heavy atom. The third-order valence-corrected chi connectivity index (χ3v) is 2.11. The highest BCUT2D eigenvalue weighted by molar-refractivity contribution is 5.79. The van der Waals surface area contributed by atoms with Crippen molar-refractivity contribution in [3.63, 3.8) is 0 Å². The summed E-state index contributed by atoms with van der Waals surface area (Å²) in [5.74, 6) is 7.83. The molecule has 0 fully saturated rings. The van der Waals surface area contributed by atoms with Crippen molar-refractivity contribution in [1.29, 1.82) is 0 Å². The summed E-state index contributed by atoms with van der Waals surface area (Å²) in [6.07, 6.45) is 1.69. The molecule has 0 saturated heterocycles. The van der Waals surface area contributed by atoms with Crippen LogP contribution in [0.3, 0.4) is 0 Å². The fourth-order valence-corrected chi connectivity index (χ4v) is 1.25. The van der Waals surface area contributed by atoms with Crippen molar-refractivity contribution in [3.8, 4) is 0 Å². The van der Waals surface area contributed by atoms with Gasteiger partial charge in [-0.1, -0.05) is 13.8 Å². The molecule has 96 valence electrons. The van der Waals surface area contributed by atoms with Crippen molar-refractivity contribution in [2.24, 2.45) is 16.8 Å². The number of hydrogen-bond acceptors (Lipinski definition) is 4. The zero-order chi connectivity index (χ0) is 12.8. The number of oxazole rings is 1.